The maximum atomic E-state index is 14.3. The van der Waals surface area contributed by atoms with E-state index < -0.39 is 18.2 Å². The second-order valence-corrected chi connectivity index (χ2v) is 10.6. The molecule has 4 nitrogen and oxygen atoms in total. The van der Waals surface area contributed by atoms with E-state index >= 15 is 0 Å². The summed E-state index contributed by atoms with van der Waals surface area (Å²) in [5.74, 6) is 0.124. The van der Waals surface area contributed by atoms with Crippen LogP contribution < -0.4 is 0 Å². The molecule has 1 aromatic heterocycles. The second-order valence-electron chi connectivity index (χ2n) is 9.48. The number of rotatable bonds is 6. The van der Waals surface area contributed by atoms with Crippen LogP contribution in [-0.2, 0) is 9.53 Å². The third-order valence-corrected chi connectivity index (χ3v) is 7.51. The van der Waals surface area contributed by atoms with Gasteiger partial charge in [-0.25, -0.2) is 4.39 Å². The van der Waals surface area contributed by atoms with Crippen LogP contribution in [-0.4, -0.2) is 28.3 Å². The summed E-state index contributed by atoms with van der Waals surface area (Å²) >= 11 is 1.60. The van der Waals surface area contributed by atoms with Crippen molar-refractivity contribution in [1.82, 2.24) is 4.98 Å². The van der Waals surface area contributed by atoms with E-state index in [1.807, 2.05) is 12.2 Å². The Labute approximate surface area is 203 Å². The van der Waals surface area contributed by atoms with E-state index in [2.05, 4.69) is 38.1 Å². The van der Waals surface area contributed by atoms with Gasteiger partial charge >= 0.3 is 5.97 Å². The van der Waals surface area contributed by atoms with E-state index in [4.69, 9.17) is 9.72 Å². The zero-order valence-corrected chi connectivity index (χ0v) is 20.1. The molecule has 0 amide bonds. The summed E-state index contributed by atoms with van der Waals surface area (Å²) in [7, 11) is 0. The van der Waals surface area contributed by atoms with Crippen LogP contribution in [0.15, 0.2) is 58.3 Å². The number of hydrogen-bond donors (Lipinski definition) is 1. The van der Waals surface area contributed by atoms with Gasteiger partial charge in [-0.2, -0.15) is 0 Å². The third kappa shape index (κ3) is 5.03. The highest BCUT2D eigenvalue weighted by atomic mass is 32.2. The molecule has 2 atom stereocenters. The van der Waals surface area contributed by atoms with Crippen LogP contribution in [0.2, 0.25) is 0 Å². The SMILES string of the molecule is CC(C)c1ccc(Sc2c(/C=C/[C@@H]3C[C@@H](O)CC(=O)O3)c(C3CC3)nc3ccc(F)cc23)cc1. The lowest BCUT2D eigenvalue weighted by Crippen LogP contribution is -2.31. The number of aliphatic hydroxyl groups excluding tert-OH is 1. The molecule has 2 aliphatic rings. The Morgan fingerprint density at radius 1 is 1.18 bits per heavy atom. The number of fused-ring (bicyclic) bond motifs is 1. The molecule has 1 aliphatic carbocycles. The predicted molar refractivity (Wildman–Crippen MR) is 132 cm³/mol. The van der Waals surface area contributed by atoms with Crippen molar-refractivity contribution in [1.29, 1.82) is 0 Å². The third-order valence-electron chi connectivity index (χ3n) is 6.36. The molecule has 1 saturated carbocycles. The molecule has 0 unspecified atom stereocenters. The molecule has 0 spiro atoms. The fraction of sp³-hybridized carbons (Fsp3) is 0.357. The first-order valence-electron chi connectivity index (χ1n) is 11.8. The van der Waals surface area contributed by atoms with E-state index in [1.165, 1.54) is 11.6 Å². The van der Waals surface area contributed by atoms with E-state index in [9.17, 15) is 14.3 Å². The lowest BCUT2D eigenvalue weighted by atomic mass is 10.0. The zero-order valence-electron chi connectivity index (χ0n) is 19.3. The van der Waals surface area contributed by atoms with Crippen molar-refractivity contribution in [2.45, 2.75) is 73.4 Å². The molecular weight excluding hydrogens is 449 g/mol. The Kier molecular flexibility index (Phi) is 6.45. The van der Waals surface area contributed by atoms with Gasteiger partial charge in [0.2, 0.25) is 0 Å². The van der Waals surface area contributed by atoms with Crippen molar-refractivity contribution in [3.8, 4) is 0 Å². The summed E-state index contributed by atoms with van der Waals surface area (Å²) in [6.45, 7) is 4.34. The summed E-state index contributed by atoms with van der Waals surface area (Å²) < 4.78 is 19.7. The van der Waals surface area contributed by atoms with Crippen molar-refractivity contribution in [2.75, 3.05) is 0 Å². The number of carbonyl (C=O) groups is 1. The Balaban J connectivity index is 1.60. The maximum Gasteiger partial charge on any atom is 0.309 e. The number of benzene rings is 2. The Bertz CT molecular complexity index is 1250. The largest absolute Gasteiger partial charge is 0.458 e. The number of nitrogens with zero attached hydrogens (tertiary/aromatic N) is 1. The molecular formula is C28H28FNO3S. The van der Waals surface area contributed by atoms with Gasteiger partial charge in [0, 0.05) is 33.1 Å². The van der Waals surface area contributed by atoms with Crippen LogP contribution in [0.1, 0.15) is 68.2 Å². The number of aliphatic hydroxyl groups is 1. The first-order valence-corrected chi connectivity index (χ1v) is 12.7. The summed E-state index contributed by atoms with van der Waals surface area (Å²) in [5, 5.41) is 10.8. The number of hydrogen-bond acceptors (Lipinski definition) is 5. The number of cyclic esters (lactones) is 1. The average Bonchev–Trinajstić information content (AvgIpc) is 3.63. The smallest absolute Gasteiger partial charge is 0.309 e. The van der Waals surface area contributed by atoms with Crippen LogP contribution in [0.3, 0.4) is 0 Å². The monoisotopic (exact) mass is 477 g/mol. The Morgan fingerprint density at radius 2 is 1.94 bits per heavy atom. The highest BCUT2D eigenvalue weighted by molar-refractivity contribution is 7.99. The first-order chi connectivity index (χ1) is 16.4. The molecule has 2 fully saturated rings. The van der Waals surface area contributed by atoms with Crippen molar-refractivity contribution >= 4 is 34.7 Å². The minimum atomic E-state index is -0.698. The van der Waals surface area contributed by atoms with Crippen LogP contribution in [0, 0.1) is 5.82 Å². The fourth-order valence-electron chi connectivity index (χ4n) is 4.35. The van der Waals surface area contributed by atoms with Crippen LogP contribution in [0.5, 0.6) is 0 Å². The van der Waals surface area contributed by atoms with Crippen molar-refractivity contribution in [3.63, 3.8) is 0 Å². The molecule has 6 heteroatoms. The molecule has 2 heterocycles. The second kappa shape index (κ2) is 9.51. The van der Waals surface area contributed by atoms with Crippen molar-refractivity contribution in [3.05, 3.63) is 71.2 Å². The van der Waals surface area contributed by atoms with Crippen LogP contribution >= 0.6 is 11.8 Å². The van der Waals surface area contributed by atoms with Crippen LogP contribution in [0.25, 0.3) is 17.0 Å². The van der Waals surface area contributed by atoms with E-state index in [-0.39, 0.29) is 12.2 Å². The van der Waals surface area contributed by atoms with Gasteiger partial charge < -0.3 is 9.84 Å². The minimum absolute atomic E-state index is 0.0297. The van der Waals surface area contributed by atoms with Gasteiger partial charge in [-0.3, -0.25) is 9.78 Å². The van der Waals surface area contributed by atoms with E-state index in [1.54, 1.807) is 23.9 Å². The minimum Gasteiger partial charge on any atom is -0.458 e. The predicted octanol–water partition coefficient (Wildman–Crippen LogP) is 6.61. The number of esters is 1. The topological polar surface area (TPSA) is 59.4 Å². The van der Waals surface area contributed by atoms with Crippen molar-refractivity contribution < 1.29 is 19.0 Å². The van der Waals surface area contributed by atoms with Gasteiger partial charge in [-0.15, -0.1) is 0 Å². The Hall–Kier alpha value is -2.70. The molecule has 5 rings (SSSR count). The summed E-state index contributed by atoms with van der Waals surface area (Å²) in [6, 6.07) is 13.2. The molecule has 34 heavy (non-hydrogen) atoms. The first kappa shape index (κ1) is 23.1. The number of ether oxygens (including phenoxy) is 1. The van der Waals surface area contributed by atoms with Crippen LogP contribution in [0.4, 0.5) is 4.39 Å². The molecule has 1 saturated heterocycles. The molecule has 0 radical (unpaired) electrons. The van der Waals surface area contributed by atoms with E-state index in [0.717, 1.165) is 44.8 Å². The van der Waals surface area contributed by atoms with Gasteiger partial charge in [0.25, 0.3) is 0 Å². The quantitative estimate of drug-likeness (QED) is 0.405. The maximum absolute atomic E-state index is 14.3. The molecule has 176 valence electrons. The number of pyridine rings is 1. The lowest BCUT2D eigenvalue weighted by Gasteiger charge is -2.23. The van der Waals surface area contributed by atoms with E-state index in [0.29, 0.717) is 18.3 Å². The van der Waals surface area contributed by atoms with Gasteiger partial charge in [0.1, 0.15) is 11.9 Å². The zero-order chi connectivity index (χ0) is 23.8. The number of aromatic nitrogens is 1. The Morgan fingerprint density at radius 3 is 2.62 bits per heavy atom. The fourth-order valence-corrected chi connectivity index (χ4v) is 5.41. The standard InChI is InChI=1S/C28H28FNO3S/c1-16(2)17-5-9-22(10-6-17)34-28-23(11-8-21-14-20(31)15-26(32)33-21)27(18-3-4-18)30-25-12-7-19(29)13-24(25)28/h5-13,16,18,20-21,31H,3-4,14-15H2,1-2H3/b11-8+/t20-,21-/m1/s1. The van der Waals surface area contributed by atoms with Gasteiger partial charge in [-0.05, 0) is 60.7 Å². The summed E-state index contributed by atoms with van der Waals surface area (Å²) in [6.07, 6.45) is 5.14. The average molecular weight is 478 g/mol. The number of carbonyl (C=O) groups excluding carboxylic acids is 1. The number of halogens is 1. The molecule has 2 aromatic carbocycles. The van der Waals surface area contributed by atoms with Crippen molar-refractivity contribution in [2.24, 2.45) is 0 Å². The molecule has 0 bridgehead atoms. The van der Waals surface area contributed by atoms with Gasteiger partial charge in [-0.1, -0.05) is 43.8 Å². The summed E-state index contributed by atoms with van der Waals surface area (Å²) in [4.78, 5) is 18.7. The highest BCUT2D eigenvalue weighted by Crippen LogP contribution is 2.46. The van der Waals surface area contributed by atoms with Gasteiger partial charge in [0.15, 0.2) is 0 Å². The molecule has 1 N–H and O–H groups in total. The molecule has 3 aromatic rings. The highest BCUT2D eigenvalue weighted by Gasteiger charge is 2.30. The normalized spacial score (nSPS) is 20.9. The lowest BCUT2D eigenvalue weighted by molar-refractivity contribution is -0.156. The molecule has 1 aliphatic heterocycles. The summed E-state index contributed by atoms with van der Waals surface area (Å²) in [5.41, 5.74) is 3.99. The van der Waals surface area contributed by atoms with Gasteiger partial charge in [0.05, 0.1) is 23.7 Å².